The Morgan fingerprint density at radius 1 is 0.900 bits per heavy atom. The molecule has 5 heteroatoms. The first-order valence-electron chi connectivity index (χ1n) is 10.5. The van der Waals surface area contributed by atoms with Gasteiger partial charge in [0.05, 0.1) is 5.69 Å². The van der Waals surface area contributed by atoms with Gasteiger partial charge in [0.15, 0.2) is 0 Å². The number of carbonyl (C=O) groups is 1. The Morgan fingerprint density at radius 2 is 1.67 bits per heavy atom. The third-order valence-electron chi connectivity index (χ3n) is 5.64. The summed E-state index contributed by atoms with van der Waals surface area (Å²) in [6.07, 6.45) is 7.68. The average molecular weight is 396 g/mol. The Bertz CT molecular complexity index is 1160. The lowest BCUT2D eigenvalue weighted by atomic mass is 10.1. The van der Waals surface area contributed by atoms with E-state index in [4.69, 9.17) is 0 Å². The Labute approximate surface area is 176 Å². The lowest BCUT2D eigenvalue weighted by Crippen LogP contribution is -2.29. The van der Waals surface area contributed by atoms with Crippen molar-refractivity contribution in [1.29, 1.82) is 0 Å². The normalized spacial score (nSPS) is 14.1. The number of aromatic nitrogens is 2. The van der Waals surface area contributed by atoms with E-state index in [1.807, 2.05) is 71.4 Å². The number of hydrogen-bond donors (Lipinski definition) is 1. The van der Waals surface area contributed by atoms with Crippen LogP contribution in [-0.4, -0.2) is 28.4 Å². The van der Waals surface area contributed by atoms with E-state index >= 15 is 0 Å². The van der Waals surface area contributed by atoms with E-state index in [1.54, 1.807) is 0 Å². The van der Waals surface area contributed by atoms with E-state index in [9.17, 15) is 4.79 Å². The number of amides is 1. The maximum absolute atomic E-state index is 12.8. The summed E-state index contributed by atoms with van der Waals surface area (Å²) in [5, 5.41) is 3.00. The summed E-state index contributed by atoms with van der Waals surface area (Å²) in [6.45, 7) is 2.22. The van der Waals surface area contributed by atoms with Crippen LogP contribution in [0.3, 0.4) is 0 Å². The van der Waals surface area contributed by atoms with Gasteiger partial charge in [-0.05, 0) is 55.7 Å². The molecule has 0 saturated carbocycles. The molecule has 5 nitrogen and oxygen atoms in total. The van der Waals surface area contributed by atoms with Crippen LogP contribution in [0.2, 0.25) is 0 Å². The van der Waals surface area contributed by atoms with Crippen LogP contribution in [-0.2, 0) is 0 Å². The first-order valence-corrected chi connectivity index (χ1v) is 10.5. The molecule has 4 aromatic rings. The summed E-state index contributed by atoms with van der Waals surface area (Å²) in [5.74, 6) is -0.132. The highest BCUT2D eigenvalue weighted by Gasteiger charge is 2.12. The number of carbonyl (C=O) groups excluding carboxylic acids is 1. The summed E-state index contributed by atoms with van der Waals surface area (Å²) >= 11 is 0. The molecule has 1 N–H and O–H groups in total. The predicted molar refractivity (Wildman–Crippen MR) is 121 cm³/mol. The molecule has 0 aliphatic carbocycles. The lowest BCUT2D eigenvalue weighted by Gasteiger charge is -2.28. The van der Waals surface area contributed by atoms with E-state index in [0.717, 1.165) is 35.7 Å². The van der Waals surface area contributed by atoms with Crippen molar-refractivity contribution in [2.75, 3.05) is 23.3 Å². The molecule has 0 radical (unpaired) electrons. The van der Waals surface area contributed by atoms with Crippen molar-refractivity contribution in [2.24, 2.45) is 0 Å². The molecular weight excluding hydrogens is 372 g/mol. The average Bonchev–Trinajstić information content (AvgIpc) is 3.24. The topological polar surface area (TPSA) is 49.6 Å². The molecule has 0 atom stereocenters. The Balaban J connectivity index is 1.32. The Morgan fingerprint density at radius 3 is 2.43 bits per heavy atom. The zero-order chi connectivity index (χ0) is 20.3. The van der Waals surface area contributed by atoms with Gasteiger partial charge in [0.25, 0.3) is 5.91 Å². The number of nitrogens with one attached hydrogen (secondary N) is 1. The van der Waals surface area contributed by atoms with Gasteiger partial charge in [0, 0.05) is 48.0 Å². The number of benzene rings is 2. The van der Waals surface area contributed by atoms with E-state index in [2.05, 4.69) is 27.3 Å². The van der Waals surface area contributed by atoms with Crippen molar-refractivity contribution in [3.63, 3.8) is 0 Å². The van der Waals surface area contributed by atoms with E-state index in [0.29, 0.717) is 5.56 Å². The van der Waals surface area contributed by atoms with Crippen molar-refractivity contribution < 1.29 is 4.79 Å². The predicted octanol–water partition coefficient (Wildman–Crippen LogP) is 5.24. The number of hydrogen-bond acceptors (Lipinski definition) is 3. The van der Waals surface area contributed by atoms with Crippen molar-refractivity contribution in [3.05, 3.63) is 84.7 Å². The van der Waals surface area contributed by atoms with Crippen LogP contribution < -0.4 is 10.2 Å². The van der Waals surface area contributed by atoms with Gasteiger partial charge in [-0.25, -0.2) is 4.98 Å². The zero-order valence-electron chi connectivity index (χ0n) is 16.8. The second kappa shape index (κ2) is 8.03. The highest BCUT2D eigenvalue weighted by Crippen LogP contribution is 2.23. The summed E-state index contributed by atoms with van der Waals surface area (Å²) in [5.41, 5.74) is 5.31. The Kier molecular flexibility index (Phi) is 4.93. The molecule has 1 aliphatic rings. The number of nitrogens with zero attached hydrogens (tertiary/aromatic N) is 3. The van der Waals surface area contributed by atoms with Gasteiger partial charge in [-0.1, -0.05) is 30.3 Å². The molecule has 1 fully saturated rings. The summed E-state index contributed by atoms with van der Waals surface area (Å²) in [4.78, 5) is 19.8. The SMILES string of the molecule is O=C(Nc1ccc(N2CCCCC2)cc1)c1ccn2cc(-c3ccccc3)nc2c1. The molecule has 5 rings (SSSR count). The number of imidazole rings is 1. The third kappa shape index (κ3) is 3.79. The van der Waals surface area contributed by atoms with Crippen LogP contribution in [0.25, 0.3) is 16.9 Å². The highest BCUT2D eigenvalue weighted by atomic mass is 16.1. The molecule has 0 bridgehead atoms. The van der Waals surface area contributed by atoms with Gasteiger partial charge in [0.1, 0.15) is 5.65 Å². The van der Waals surface area contributed by atoms with Crippen LogP contribution in [0.1, 0.15) is 29.6 Å². The molecule has 3 heterocycles. The molecule has 0 unspecified atom stereocenters. The van der Waals surface area contributed by atoms with Crippen LogP contribution in [0.4, 0.5) is 11.4 Å². The van der Waals surface area contributed by atoms with Crippen molar-refractivity contribution in [3.8, 4) is 11.3 Å². The minimum Gasteiger partial charge on any atom is -0.372 e. The fraction of sp³-hybridized carbons (Fsp3) is 0.200. The number of anilines is 2. The van der Waals surface area contributed by atoms with Crippen LogP contribution in [0, 0.1) is 0 Å². The van der Waals surface area contributed by atoms with Gasteiger partial charge >= 0.3 is 0 Å². The number of pyridine rings is 1. The quantitative estimate of drug-likeness (QED) is 0.513. The Hall–Kier alpha value is -3.60. The second-order valence-corrected chi connectivity index (χ2v) is 7.72. The summed E-state index contributed by atoms with van der Waals surface area (Å²) < 4.78 is 1.94. The smallest absolute Gasteiger partial charge is 0.255 e. The first kappa shape index (κ1) is 18.4. The lowest BCUT2D eigenvalue weighted by molar-refractivity contribution is 0.102. The van der Waals surface area contributed by atoms with Gasteiger partial charge < -0.3 is 14.6 Å². The van der Waals surface area contributed by atoms with Crippen LogP contribution >= 0.6 is 0 Å². The minimum atomic E-state index is -0.132. The molecular formula is C25H24N4O. The van der Waals surface area contributed by atoms with Crippen LogP contribution in [0.15, 0.2) is 79.1 Å². The van der Waals surface area contributed by atoms with Crippen LogP contribution in [0.5, 0.6) is 0 Å². The third-order valence-corrected chi connectivity index (χ3v) is 5.64. The molecule has 2 aromatic heterocycles. The number of piperidine rings is 1. The molecule has 150 valence electrons. The highest BCUT2D eigenvalue weighted by molar-refractivity contribution is 6.04. The van der Waals surface area contributed by atoms with Crippen molar-refractivity contribution >= 4 is 22.9 Å². The molecule has 2 aromatic carbocycles. The van der Waals surface area contributed by atoms with E-state index in [1.165, 1.54) is 24.9 Å². The van der Waals surface area contributed by atoms with Gasteiger partial charge in [-0.2, -0.15) is 0 Å². The molecule has 30 heavy (non-hydrogen) atoms. The van der Waals surface area contributed by atoms with Crippen molar-refractivity contribution in [2.45, 2.75) is 19.3 Å². The minimum absolute atomic E-state index is 0.132. The van der Waals surface area contributed by atoms with Gasteiger partial charge in [0.2, 0.25) is 0 Å². The standard InChI is InChI=1S/C25H24N4O/c30-25(26-21-9-11-22(12-10-21)28-14-5-2-6-15-28)20-13-16-29-18-23(27-24(29)17-20)19-7-3-1-4-8-19/h1,3-4,7-13,16-18H,2,5-6,14-15H2,(H,26,30). The van der Waals surface area contributed by atoms with Gasteiger partial charge in [-0.15, -0.1) is 0 Å². The molecule has 1 aliphatic heterocycles. The largest absolute Gasteiger partial charge is 0.372 e. The first-order chi connectivity index (χ1) is 14.8. The zero-order valence-corrected chi connectivity index (χ0v) is 16.8. The maximum atomic E-state index is 12.8. The molecule has 1 amide bonds. The van der Waals surface area contributed by atoms with Crippen molar-refractivity contribution in [1.82, 2.24) is 9.38 Å². The molecule has 0 spiro atoms. The second-order valence-electron chi connectivity index (χ2n) is 7.72. The summed E-state index contributed by atoms with van der Waals surface area (Å²) in [7, 11) is 0. The van der Waals surface area contributed by atoms with E-state index in [-0.39, 0.29) is 5.91 Å². The van der Waals surface area contributed by atoms with Gasteiger partial charge in [-0.3, -0.25) is 4.79 Å². The number of rotatable bonds is 4. The fourth-order valence-corrected chi connectivity index (χ4v) is 3.98. The van der Waals surface area contributed by atoms with E-state index < -0.39 is 0 Å². The maximum Gasteiger partial charge on any atom is 0.255 e. The fourth-order valence-electron chi connectivity index (χ4n) is 3.98. The number of fused-ring (bicyclic) bond motifs is 1. The molecule has 1 saturated heterocycles. The summed E-state index contributed by atoms with van der Waals surface area (Å²) in [6, 6.07) is 21.8. The monoisotopic (exact) mass is 396 g/mol.